The summed E-state index contributed by atoms with van der Waals surface area (Å²) < 4.78 is 18.1. The molecule has 0 bridgehead atoms. The third kappa shape index (κ3) is 2.82. The fourth-order valence-corrected chi connectivity index (χ4v) is 1.73. The Bertz CT molecular complexity index is 640. The minimum atomic E-state index is -0.968. The van der Waals surface area contributed by atoms with Crippen LogP contribution in [0.15, 0.2) is 41.2 Å². The SMILES string of the molecule is CN(Cc1ccoc1)C(=O)c1ccc(F)c([N+](=O)[O-])c1. The van der Waals surface area contributed by atoms with Crippen molar-refractivity contribution in [3.63, 3.8) is 0 Å². The molecule has 0 fully saturated rings. The van der Waals surface area contributed by atoms with Gasteiger partial charge in [-0.2, -0.15) is 4.39 Å². The highest BCUT2D eigenvalue weighted by Crippen LogP contribution is 2.19. The topological polar surface area (TPSA) is 76.6 Å². The number of nitrogens with zero attached hydrogens (tertiary/aromatic N) is 2. The molecule has 0 aliphatic carbocycles. The molecule has 0 aliphatic rings. The first kappa shape index (κ1) is 13.7. The van der Waals surface area contributed by atoms with E-state index in [1.54, 1.807) is 13.1 Å². The number of carbonyl (C=O) groups excluding carboxylic acids is 1. The van der Waals surface area contributed by atoms with E-state index < -0.39 is 22.3 Å². The molecule has 104 valence electrons. The van der Waals surface area contributed by atoms with Crippen molar-refractivity contribution in [2.45, 2.75) is 6.54 Å². The maximum absolute atomic E-state index is 13.2. The van der Waals surface area contributed by atoms with Crippen LogP contribution >= 0.6 is 0 Å². The number of rotatable bonds is 4. The lowest BCUT2D eigenvalue weighted by Gasteiger charge is -2.16. The highest BCUT2D eigenvalue weighted by Gasteiger charge is 2.19. The normalized spacial score (nSPS) is 10.3. The molecule has 2 rings (SSSR count). The molecule has 1 amide bonds. The van der Waals surface area contributed by atoms with Gasteiger partial charge in [-0.15, -0.1) is 0 Å². The molecule has 1 aromatic heterocycles. The lowest BCUT2D eigenvalue weighted by atomic mass is 10.1. The summed E-state index contributed by atoms with van der Waals surface area (Å²) in [5.41, 5.74) is 0.133. The predicted molar refractivity (Wildman–Crippen MR) is 67.6 cm³/mol. The van der Waals surface area contributed by atoms with Crippen LogP contribution in [0.1, 0.15) is 15.9 Å². The van der Waals surface area contributed by atoms with E-state index in [0.717, 1.165) is 17.7 Å². The van der Waals surface area contributed by atoms with E-state index in [2.05, 4.69) is 0 Å². The molecule has 0 N–H and O–H groups in total. The Morgan fingerprint density at radius 1 is 1.45 bits per heavy atom. The number of furan rings is 1. The van der Waals surface area contributed by atoms with Crippen LogP contribution in [0.25, 0.3) is 0 Å². The van der Waals surface area contributed by atoms with Crippen molar-refractivity contribution in [2.24, 2.45) is 0 Å². The molecule has 0 saturated heterocycles. The van der Waals surface area contributed by atoms with Gasteiger partial charge in [0.15, 0.2) is 0 Å². The van der Waals surface area contributed by atoms with Crippen molar-refractivity contribution in [2.75, 3.05) is 7.05 Å². The molecule has 0 aliphatic heterocycles. The van der Waals surface area contributed by atoms with Crippen molar-refractivity contribution in [3.05, 3.63) is 63.9 Å². The Balaban J connectivity index is 2.20. The third-order valence-corrected chi connectivity index (χ3v) is 2.74. The summed E-state index contributed by atoms with van der Waals surface area (Å²) in [5.74, 6) is -1.40. The second-order valence-electron chi connectivity index (χ2n) is 4.22. The van der Waals surface area contributed by atoms with Crippen LogP contribution in [0.5, 0.6) is 0 Å². The average molecular weight is 278 g/mol. The fourth-order valence-electron chi connectivity index (χ4n) is 1.73. The van der Waals surface area contributed by atoms with Crippen molar-refractivity contribution in [1.29, 1.82) is 0 Å². The van der Waals surface area contributed by atoms with Crippen LogP contribution in [0, 0.1) is 15.9 Å². The van der Waals surface area contributed by atoms with E-state index >= 15 is 0 Å². The molecule has 1 heterocycles. The van der Waals surface area contributed by atoms with E-state index in [1.165, 1.54) is 23.5 Å². The van der Waals surface area contributed by atoms with Gasteiger partial charge in [0.25, 0.3) is 5.91 Å². The minimum absolute atomic E-state index is 0.0593. The Hall–Kier alpha value is -2.70. The summed E-state index contributed by atoms with van der Waals surface area (Å²) in [6.45, 7) is 0.292. The number of halogens is 1. The number of nitro groups is 1. The maximum atomic E-state index is 13.2. The lowest BCUT2D eigenvalue weighted by molar-refractivity contribution is -0.387. The van der Waals surface area contributed by atoms with E-state index in [4.69, 9.17) is 4.42 Å². The standard InChI is InChI=1S/C13H11FN2O4/c1-15(7-9-4-5-20-8-9)13(17)10-2-3-11(14)12(6-10)16(18)19/h2-6,8H,7H2,1H3. The molecule has 0 saturated carbocycles. The second-order valence-corrected chi connectivity index (χ2v) is 4.22. The first-order valence-electron chi connectivity index (χ1n) is 5.69. The minimum Gasteiger partial charge on any atom is -0.472 e. The van der Waals surface area contributed by atoms with Crippen molar-refractivity contribution in [1.82, 2.24) is 4.90 Å². The molecule has 0 spiro atoms. The van der Waals surface area contributed by atoms with Crippen molar-refractivity contribution < 1.29 is 18.5 Å². The van der Waals surface area contributed by atoms with Gasteiger partial charge in [0, 0.05) is 30.8 Å². The van der Waals surface area contributed by atoms with Crippen molar-refractivity contribution >= 4 is 11.6 Å². The number of amides is 1. The number of hydrogen-bond acceptors (Lipinski definition) is 4. The van der Waals surface area contributed by atoms with Gasteiger partial charge in [-0.3, -0.25) is 14.9 Å². The zero-order valence-corrected chi connectivity index (χ0v) is 10.6. The van der Waals surface area contributed by atoms with Crippen LogP contribution in [0.3, 0.4) is 0 Å². The van der Waals surface area contributed by atoms with Crippen LogP contribution in [-0.4, -0.2) is 22.8 Å². The summed E-state index contributed by atoms with van der Waals surface area (Å²) in [6, 6.07) is 4.77. The largest absolute Gasteiger partial charge is 0.472 e. The van der Waals surface area contributed by atoms with Crippen LogP contribution in [0.2, 0.25) is 0 Å². The van der Waals surface area contributed by atoms with E-state index in [0.29, 0.717) is 6.54 Å². The van der Waals surface area contributed by atoms with Gasteiger partial charge in [0.2, 0.25) is 5.82 Å². The van der Waals surface area contributed by atoms with Gasteiger partial charge in [-0.1, -0.05) is 0 Å². The molecular weight excluding hydrogens is 267 g/mol. The van der Waals surface area contributed by atoms with Gasteiger partial charge in [0.05, 0.1) is 17.4 Å². The highest BCUT2D eigenvalue weighted by atomic mass is 19.1. The molecule has 7 heteroatoms. The van der Waals surface area contributed by atoms with Gasteiger partial charge >= 0.3 is 5.69 Å². The average Bonchev–Trinajstić information content (AvgIpc) is 2.91. The molecule has 1 aromatic carbocycles. The fraction of sp³-hybridized carbons (Fsp3) is 0.154. The Kier molecular flexibility index (Phi) is 3.79. The summed E-state index contributed by atoms with van der Waals surface area (Å²) in [7, 11) is 1.55. The third-order valence-electron chi connectivity index (χ3n) is 2.74. The predicted octanol–water partition coefficient (Wildman–Crippen LogP) is 2.60. The first-order chi connectivity index (χ1) is 9.49. The Morgan fingerprint density at radius 3 is 2.80 bits per heavy atom. The Morgan fingerprint density at radius 2 is 2.20 bits per heavy atom. The first-order valence-corrected chi connectivity index (χ1v) is 5.69. The molecular formula is C13H11FN2O4. The smallest absolute Gasteiger partial charge is 0.305 e. The molecule has 0 atom stereocenters. The molecule has 0 unspecified atom stereocenters. The molecule has 20 heavy (non-hydrogen) atoms. The summed E-state index contributed by atoms with van der Waals surface area (Å²) in [6.07, 6.45) is 2.98. The van der Waals surface area contributed by atoms with Gasteiger partial charge < -0.3 is 9.32 Å². The monoisotopic (exact) mass is 278 g/mol. The van der Waals surface area contributed by atoms with Gasteiger partial charge in [-0.05, 0) is 18.2 Å². The number of carbonyl (C=O) groups is 1. The number of hydrogen-bond donors (Lipinski definition) is 0. The van der Waals surface area contributed by atoms with E-state index in [9.17, 15) is 19.3 Å². The summed E-state index contributed by atoms with van der Waals surface area (Å²) >= 11 is 0. The number of nitro benzene ring substituents is 1. The zero-order chi connectivity index (χ0) is 14.7. The molecule has 2 aromatic rings. The maximum Gasteiger partial charge on any atom is 0.305 e. The zero-order valence-electron chi connectivity index (χ0n) is 10.6. The molecule has 0 radical (unpaired) electrons. The lowest BCUT2D eigenvalue weighted by Crippen LogP contribution is -2.26. The summed E-state index contributed by atoms with van der Waals surface area (Å²) in [5, 5.41) is 10.7. The van der Waals surface area contributed by atoms with Crippen LogP contribution in [-0.2, 0) is 6.54 Å². The van der Waals surface area contributed by atoms with E-state index in [-0.39, 0.29) is 5.56 Å². The second kappa shape index (κ2) is 5.52. The number of benzene rings is 1. The van der Waals surface area contributed by atoms with Gasteiger partial charge in [0.1, 0.15) is 0 Å². The van der Waals surface area contributed by atoms with Crippen LogP contribution in [0.4, 0.5) is 10.1 Å². The van der Waals surface area contributed by atoms with Gasteiger partial charge in [-0.25, -0.2) is 0 Å². The quantitative estimate of drug-likeness (QED) is 0.636. The van der Waals surface area contributed by atoms with E-state index in [1.807, 2.05) is 0 Å². The Labute approximate surface area is 113 Å². The summed E-state index contributed by atoms with van der Waals surface area (Å²) in [4.78, 5) is 23.3. The molecule has 6 nitrogen and oxygen atoms in total. The highest BCUT2D eigenvalue weighted by molar-refractivity contribution is 5.94. The van der Waals surface area contributed by atoms with Crippen molar-refractivity contribution in [3.8, 4) is 0 Å². The van der Waals surface area contributed by atoms with Crippen LogP contribution < -0.4 is 0 Å².